The summed E-state index contributed by atoms with van der Waals surface area (Å²) in [7, 11) is -3.71. The van der Waals surface area contributed by atoms with Crippen LogP contribution in [0.3, 0.4) is 0 Å². The van der Waals surface area contributed by atoms with Crippen molar-refractivity contribution in [2.24, 2.45) is 0 Å². The number of nitrogens with zero attached hydrogens (tertiary/aromatic N) is 1. The maximum absolute atomic E-state index is 12.6. The van der Waals surface area contributed by atoms with Crippen molar-refractivity contribution in [2.75, 3.05) is 19.7 Å². The minimum absolute atomic E-state index is 0.0179. The fraction of sp³-hybridized carbons (Fsp3) is 0.417. The number of halogens is 2. The third-order valence-corrected chi connectivity index (χ3v) is 5.57. The lowest BCUT2D eigenvalue weighted by Gasteiger charge is -2.10. The van der Waals surface area contributed by atoms with Crippen LogP contribution in [-0.4, -0.2) is 37.9 Å². The smallest absolute Gasteiger partial charge is 0.332 e. The lowest BCUT2D eigenvalue weighted by atomic mass is 10.3. The molecule has 0 spiro atoms. The third kappa shape index (κ3) is 2.73. The molecular weight excluding hydrogens is 323 g/mol. The first kappa shape index (κ1) is 15.4. The number of ether oxygens (including phenoxy) is 1. The molecule has 1 aromatic rings. The first-order chi connectivity index (χ1) is 9.37. The lowest BCUT2D eigenvalue weighted by molar-refractivity contribution is -0.353. The van der Waals surface area contributed by atoms with Gasteiger partial charge in [0.2, 0.25) is 0 Å². The van der Waals surface area contributed by atoms with Crippen LogP contribution in [0.2, 0.25) is 10.0 Å². The Labute approximate surface area is 128 Å². The molecule has 1 heterocycles. The van der Waals surface area contributed by atoms with Crippen molar-refractivity contribution in [1.29, 1.82) is 0 Å². The summed E-state index contributed by atoms with van der Waals surface area (Å²) in [5.74, 6) is 0.949. The fourth-order valence-electron chi connectivity index (χ4n) is 1.99. The van der Waals surface area contributed by atoms with E-state index < -0.39 is 10.0 Å². The minimum Gasteiger partial charge on any atom is -0.492 e. The summed E-state index contributed by atoms with van der Waals surface area (Å²) in [5, 5.41) is 3.29. The van der Waals surface area contributed by atoms with Crippen molar-refractivity contribution in [3.8, 4) is 5.75 Å². The highest BCUT2D eigenvalue weighted by molar-refractivity contribution is 7.85. The predicted octanol–water partition coefficient (Wildman–Crippen LogP) is 2.11. The zero-order valence-electron chi connectivity index (χ0n) is 11.1. The summed E-state index contributed by atoms with van der Waals surface area (Å²) in [6.45, 7) is 4.88. The molecule has 5 nitrogen and oxygen atoms in total. The summed E-state index contributed by atoms with van der Waals surface area (Å²) < 4.78 is 31.7. The van der Waals surface area contributed by atoms with Crippen molar-refractivity contribution in [3.05, 3.63) is 22.2 Å². The van der Waals surface area contributed by atoms with Gasteiger partial charge in [-0.1, -0.05) is 23.2 Å². The Hall–Kier alpha value is -0.980. The summed E-state index contributed by atoms with van der Waals surface area (Å²) in [6, 6.07) is 2.76. The highest BCUT2D eigenvalue weighted by Gasteiger charge is 2.32. The van der Waals surface area contributed by atoms with Gasteiger partial charge in [-0.3, -0.25) is 5.32 Å². The molecule has 110 valence electrons. The number of hydrogen-bond acceptors (Lipinski definition) is 4. The van der Waals surface area contributed by atoms with Crippen molar-refractivity contribution in [2.45, 2.75) is 18.7 Å². The van der Waals surface area contributed by atoms with E-state index in [1.165, 1.54) is 16.1 Å². The van der Waals surface area contributed by atoms with E-state index in [2.05, 4.69) is 5.32 Å². The Balaban J connectivity index is 2.53. The van der Waals surface area contributed by atoms with Gasteiger partial charge in [0.05, 0.1) is 16.7 Å². The van der Waals surface area contributed by atoms with Crippen LogP contribution in [0.4, 0.5) is 0 Å². The van der Waals surface area contributed by atoms with E-state index in [-0.39, 0.29) is 14.9 Å². The van der Waals surface area contributed by atoms with E-state index in [0.717, 1.165) is 0 Å². The average molecular weight is 338 g/mol. The summed E-state index contributed by atoms with van der Waals surface area (Å²) >= 11 is 12.1. The van der Waals surface area contributed by atoms with Gasteiger partial charge >= 0.3 is 10.0 Å². The quantitative estimate of drug-likeness (QED) is 0.855. The normalized spacial score (nSPS) is 15.4. The van der Waals surface area contributed by atoms with Gasteiger partial charge in [-0.15, -0.1) is 3.98 Å². The highest BCUT2D eigenvalue weighted by Crippen LogP contribution is 2.34. The van der Waals surface area contributed by atoms with Crippen LogP contribution in [0, 0.1) is 0 Å². The second-order valence-electron chi connectivity index (χ2n) is 4.24. The van der Waals surface area contributed by atoms with Crippen LogP contribution >= 0.6 is 23.2 Å². The highest BCUT2D eigenvalue weighted by atomic mass is 35.5. The molecule has 1 aromatic carbocycles. The number of amidine groups is 1. The summed E-state index contributed by atoms with van der Waals surface area (Å²) in [6.07, 6.45) is 0. The molecule has 8 heteroatoms. The van der Waals surface area contributed by atoms with Crippen LogP contribution in [-0.2, 0) is 10.0 Å². The van der Waals surface area contributed by atoms with E-state index in [9.17, 15) is 8.42 Å². The molecule has 1 aliphatic rings. The molecule has 0 amide bonds. The van der Waals surface area contributed by atoms with Crippen molar-refractivity contribution in [3.63, 3.8) is 0 Å². The molecular formula is C12H15Cl2N2O3S+. The van der Waals surface area contributed by atoms with Gasteiger partial charge in [0.1, 0.15) is 23.7 Å². The lowest BCUT2D eigenvalue weighted by Crippen LogP contribution is -2.25. The zero-order valence-corrected chi connectivity index (χ0v) is 13.4. The van der Waals surface area contributed by atoms with Crippen LogP contribution in [0.1, 0.15) is 13.8 Å². The van der Waals surface area contributed by atoms with Gasteiger partial charge in [0, 0.05) is 13.0 Å². The molecule has 0 bridgehead atoms. The second-order valence-corrected chi connectivity index (χ2v) is 6.88. The second kappa shape index (κ2) is 5.79. The Bertz CT molecular complexity index is 672. The number of benzene rings is 1. The van der Waals surface area contributed by atoms with Gasteiger partial charge in [-0.2, -0.15) is 8.42 Å². The maximum Gasteiger partial charge on any atom is 0.332 e. The SMILES string of the molecule is CCOc1cc(Cl)c(S(=O)(=O)[N+]2=C(C)NCC2)cc1Cl. The van der Waals surface area contributed by atoms with Crippen molar-refractivity contribution < 1.29 is 17.1 Å². The molecule has 0 radical (unpaired) electrons. The number of rotatable bonds is 4. The minimum atomic E-state index is -3.71. The average Bonchev–Trinajstić information content (AvgIpc) is 2.80. The molecule has 1 N–H and O–H groups in total. The van der Waals surface area contributed by atoms with Crippen molar-refractivity contribution in [1.82, 2.24) is 5.32 Å². The van der Waals surface area contributed by atoms with E-state index in [4.69, 9.17) is 27.9 Å². The van der Waals surface area contributed by atoms with Crippen molar-refractivity contribution >= 4 is 39.1 Å². The topological polar surface area (TPSA) is 58.4 Å². The van der Waals surface area contributed by atoms with Crippen LogP contribution < -0.4 is 10.1 Å². The Kier molecular flexibility index (Phi) is 4.46. The summed E-state index contributed by atoms with van der Waals surface area (Å²) in [4.78, 5) is -0.0179. The molecule has 0 saturated carbocycles. The maximum atomic E-state index is 12.6. The van der Waals surface area contributed by atoms with Gasteiger partial charge in [0.15, 0.2) is 0 Å². The van der Waals surface area contributed by atoms with E-state index >= 15 is 0 Å². The molecule has 2 rings (SSSR count). The van der Waals surface area contributed by atoms with E-state index in [1.54, 1.807) is 6.92 Å². The zero-order chi connectivity index (χ0) is 14.9. The van der Waals surface area contributed by atoms with Crippen LogP contribution in [0.15, 0.2) is 17.0 Å². The molecule has 0 aromatic heterocycles. The molecule has 0 fully saturated rings. The fourth-order valence-corrected chi connectivity index (χ4v) is 4.28. The van der Waals surface area contributed by atoms with E-state index in [1.807, 2.05) is 6.92 Å². The number of nitrogens with one attached hydrogen (secondary N) is 1. The van der Waals surface area contributed by atoms with Crippen LogP contribution in [0.25, 0.3) is 0 Å². The van der Waals surface area contributed by atoms with Gasteiger partial charge in [0.25, 0.3) is 5.84 Å². The Morgan fingerprint density at radius 3 is 2.60 bits per heavy atom. The predicted molar refractivity (Wildman–Crippen MR) is 78.6 cm³/mol. The van der Waals surface area contributed by atoms with E-state index in [0.29, 0.717) is 31.3 Å². The molecule has 0 atom stereocenters. The first-order valence-corrected chi connectivity index (χ1v) is 8.29. The monoisotopic (exact) mass is 337 g/mol. The van der Waals surface area contributed by atoms with Gasteiger partial charge < -0.3 is 4.74 Å². The third-order valence-electron chi connectivity index (χ3n) is 2.92. The number of sulfonamides is 1. The molecule has 1 aliphatic heterocycles. The largest absolute Gasteiger partial charge is 0.492 e. The number of hydrogen-bond donors (Lipinski definition) is 1. The first-order valence-electron chi connectivity index (χ1n) is 6.10. The molecule has 0 saturated heterocycles. The standard InChI is InChI=1S/C12H14Cl2N2O3S/c1-3-19-11-6-10(14)12(7-9(11)13)20(17,18)16-5-4-15-8(16)2/h6-7H,3-5H2,1-2H3/p+1. The van der Waals surface area contributed by atoms with Gasteiger partial charge in [-0.05, 0) is 13.0 Å². The van der Waals surface area contributed by atoms with Crippen LogP contribution in [0.5, 0.6) is 5.75 Å². The summed E-state index contributed by atoms with van der Waals surface area (Å²) in [5.41, 5.74) is 0. The molecule has 0 unspecified atom stereocenters. The molecule has 20 heavy (non-hydrogen) atoms. The Morgan fingerprint density at radius 1 is 1.35 bits per heavy atom. The van der Waals surface area contributed by atoms with Gasteiger partial charge in [-0.25, -0.2) is 0 Å². The molecule has 0 aliphatic carbocycles. The Morgan fingerprint density at radius 2 is 2.05 bits per heavy atom.